The molecule has 1 aromatic carbocycles. The molecule has 0 saturated heterocycles. The molecule has 0 aliphatic carbocycles. The van der Waals surface area contributed by atoms with Gasteiger partial charge in [0.15, 0.2) is 11.2 Å². The van der Waals surface area contributed by atoms with Gasteiger partial charge in [-0.1, -0.05) is 12.1 Å². The number of hydrogen-bond acceptors (Lipinski definition) is 6. The van der Waals surface area contributed by atoms with Crippen LogP contribution in [0.4, 0.5) is 0 Å². The molecule has 0 saturated carbocycles. The number of imidazole rings is 1. The van der Waals surface area contributed by atoms with E-state index in [-0.39, 0.29) is 24.3 Å². The second kappa shape index (κ2) is 8.17. The SMILES string of the molecule is C=CCn1c(=O)c2c(ncn2C(C)C(=O)OCC)n(-c2cccc(OC)c2)c1=O. The van der Waals surface area contributed by atoms with Crippen molar-refractivity contribution in [1.29, 1.82) is 0 Å². The first kappa shape index (κ1) is 20.1. The summed E-state index contributed by atoms with van der Waals surface area (Å²) < 4.78 is 14.1. The Morgan fingerprint density at radius 1 is 1.34 bits per heavy atom. The van der Waals surface area contributed by atoms with Crippen molar-refractivity contribution in [3.8, 4) is 11.4 Å². The Hall–Kier alpha value is -3.62. The van der Waals surface area contributed by atoms with Crippen molar-refractivity contribution in [3.63, 3.8) is 0 Å². The van der Waals surface area contributed by atoms with Crippen molar-refractivity contribution in [2.75, 3.05) is 13.7 Å². The number of benzene rings is 1. The number of esters is 1. The first-order chi connectivity index (χ1) is 13.9. The topological polar surface area (TPSA) is 97.4 Å². The Bertz CT molecular complexity index is 1190. The molecule has 2 heterocycles. The fourth-order valence-electron chi connectivity index (χ4n) is 3.09. The van der Waals surface area contributed by atoms with Gasteiger partial charge in [0.1, 0.15) is 11.8 Å². The zero-order valence-corrected chi connectivity index (χ0v) is 16.5. The summed E-state index contributed by atoms with van der Waals surface area (Å²) in [5.41, 5.74) is -0.381. The molecular formula is C20H22N4O5. The van der Waals surface area contributed by atoms with Crippen molar-refractivity contribution in [2.45, 2.75) is 26.4 Å². The third kappa shape index (κ3) is 3.46. The van der Waals surface area contributed by atoms with E-state index in [9.17, 15) is 14.4 Å². The summed E-state index contributed by atoms with van der Waals surface area (Å²) in [5, 5.41) is 0. The van der Waals surface area contributed by atoms with Gasteiger partial charge in [0.05, 0.1) is 25.7 Å². The average molecular weight is 398 g/mol. The third-order valence-corrected chi connectivity index (χ3v) is 4.52. The molecule has 2 aromatic heterocycles. The number of methoxy groups -OCH3 is 1. The van der Waals surface area contributed by atoms with E-state index in [0.717, 1.165) is 4.57 Å². The molecule has 3 aromatic rings. The highest BCUT2D eigenvalue weighted by molar-refractivity contribution is 5.79. The molecule has 0 spiro atoms. The third-order valence-electron chi connectivity index (χ3n) is 4.52. The molecule has 152 valence electrons. The van der Waals surface area contributed by atoms with Gasteiger partial charge in [-0.25, -0.2) is 19.1 Å². The summed E-state index contributed by atoms with van der Waals surface area (Å²) >= 11 is 0. The number of rotatable bonds is 7. The van der Waals surface area contributed by atoms with E-state index in [4.69, 9.17) is 9.47 Å². The molecule has 0 aliphatic heterocycles. The maximum Gasteiger partial charge on any atom is 0.337 e. The molecular weight excluding hydrogens is 376 g/mol. The van der Waals surface area contributed by atoms with Crippen LogP contribution in [-0.4, -0.2) is 38.4 Å². The highest BCUT2D eigenvalue weighted by Gasteiger charge is 2.24. The summed E-state index contributed by atoms with van der Waals surface area (Å²) in [7, 11) is 1.52. The van der Waals surface area contributed by atoms with Gasteiger partial charge in [-0.05, 0) is 26.0 Å². The van der Waals surface area contributed by atoms with E-state index in [1.807, 2.05) is 0 Å². The predicted octanol–water partition coefficient (Wildman–Crippen LogP) is 1.67. The number of fused-ring (bicyclic) bond motifs is 1. The largest absolute Gasteiger partial charge is 0.497 e. The maximum atomic E-state index is 13.1. The van der Waals surface area contributed by atoms with Gasteiger partial charge in [-0.2, -0.15) is 0 Å². The van der Waals surface area contributed by atoms with Crippen LogP contribution in [-0.2, 0) is 16.1 Å². The number of aromatic nitrogens is 4. The van der Waals surface area contributed by atoms with Crippen LogP contribution in [0.5, 0.6) is 5.75 Å². The smallest absolute Gasteiger partial charge is 0.337 e. The van der Waals surface area contributed by atoms with Crippen molar-refractivity contribution in [3.05, 3.63) is 64.1 Å². The van der Waals surface area contributed by atoms with Crippen LogP contribution < -0.4 is 16.0 Å². The molecule has 9 heteroatoms. The molecule has 0 radical (unpaired) electrons. The van der Waals surface area contributed by atoms with Crippen molar-refractivity contribution in [2.24, 2.45) is 0 Å². The number of allylic oxidation sites excluding steroid dienone is 1. The normalized spacial score (nSPS) is 12.0. The van der Waals surface area contributed by atoms with Gasteiger partial charge >= 0.3 is 11.7 Å². The first-order valence-corrected chi connectivity index (χ1v) is 9.08. The quantitative estimate of drug-likeness (QED) is 0.444. The maximum absolute atomic E-state index is 13.1. The molecule has 0 N–H and O–H groups in total. The van der Waals surface area contributed by atoms with E-state index in [1.165, 1.54) is 28.6 Å². The molecule has 0 bridgehead atoms. The molecule has 3 rings (SSSR count). The molecule has 1 atom stereocenters. The number of hydrogen-bond donors (Lipinski definition) is 0. The summed E-state index contributed by atoms with van der Waals surface area (Å²) in [6, 6.07) is 6.05. The van der Waals surface area contributed by atoms with Gasteiger partial charge < -0.3 is 14.0 Å². The van der Waals surface area contributed by atoms with Crippen LogP contribution in [0.2, 0.25) is 0 Å². The zero-order valence-electron chi connectivity index (χ0n) is 16.5. The Balaban J connectivity index is 2.37. The lowest BCUT2D eigenvalue weighted by Gasteiger charge is -2.15. The number of ether oxygens (including phenoxy) is 2. The molecule has 0 aliphatic rings. The van der Waals surface area contributed by atoms with E-state index in [1.54, 1.807) is 38.1 Å². The standard InChI is InChI=1S/C20H22N4O5/c1-5-10-22-18(25)16-17(21-12-23(16)13(3)19(26)29-6-2)24(20(22)27)14-8-7-9-15(11-14)28-4/h5,7-9,11-13H,1,6,10H2,2-4H3. The first-order valence-electron chi connectivity index (χ1n) is 9.08. The molecule has 29 heavy (non-hydrogen) atoms. The van der Waals surface area contributed by atoms with Crippen LogP contribution in [0.15, 0.2) is 52.8 Å². The summed E-state index contributed by atoms with van der Waals surface area (Å²) in [4.78, 5) is 42.7. The Morgan fingerprint density at radius 3 is 2.76 bits per heavy atom. The van der Waals surface area contributed by atoms with E-state index >= 15 is 0 Å². The van der Waals surface area contributed by atoms with Gasteiger partial charge in [0.25, 0.3) is 5.56 Å². The van der Waals surface area contributed by atoms with E-state index in [2.05, 4.69) is 11.6 Å². The second-order valence-corrected chi connectivity index (χ2v) is 6.28. The minimum atomic E-state index is -0.791. The van der Waals surface area contributed by atoms with Crippen LogP contribution in [0, 0.1) is 0 Å². The lowest BCUT2D eigenvalue weighted by atomic mass is 10.3. The fraction of sp³-hybridized carbons (Fsp3) is 0.300. The lowest BCUT2D eigenvalue weighted by molar-refractivity contribution is -0.146. The summed E-state index contributed by atoms with van der Waals surface area (Å²) in [6.07, 6.45) is 2.82. The Labute approximate surface area is 166 Å². The fourth-order valence-corrected chi connectivity index (χ4v) is 3.09. The van der Waals surface area contributed by atoms with Gasteiger partial charge in [0.2, 0.25) is 0 Å². The second-order valence-electron chi connectivity index (χ2n) is 6.28. The van der Waals surface area contributed by atoms with Crippen LogP contribution in [0.1, 0.15) is 19.9 Å². The Morgan fingerprint density at radius 2 is 2.10 bits per heavy atom. The van der Waals surface area contributed by atoms with Crippen molar-refractivity contribution >= 4 is 17.1 Å². The minimum Gasteiger partial charge on any atom is -0.497 e. The van der Waals surface area contributed by atoms with Gasteiger partial charge in [-0.15, -0.1) is 6.58 Å². The molecule has 0 fully saturated rings. The van der Waals surface area contributed by atoms with Crippen LogP contribution in [0.3, 0.4) is 0 Å². The monoisotopic (exact) mass is 398 g/mol. The van der Waals surface area contributed by atoms with E-state index < -0.39 is 23.3 Å². The van der Waals surface area contributed by atoms with Gasteiger partial charge in [-0.3, -0.25) is 9.36 Å². The molecule has 0 amide bonds. The zero-order chi connectivity index (χ0) is 21.1. The summed E-state index contributed by atoms with van der Waals surface area (Å²) in [5.74, 6) is 0.0453. The van der Waals surface area contributed by atoms with Crippen LogP contribution >= 0.6 is 0 Å². The summed E-state index contributed by atoms with van der Waals surface area (Å²) in [6.45, 7) is 7.16. The number of carbonyl (C=O) groups excluding carboxylic acids is 1. The molecule has 9 nitrogen and oxygen atoms in total. The average Bonchev–Trinajstić information content (AvgIpc) is 3.15. The number of carbonyl (C=O) groups is 1. The predicted molar refractivity (Wildman–Crippen MR) is 108 cm³/mol. The van der Waals surface area contributed by atoms with E-state index in [0.29, 0.717) is 11.4 Å². The lowest BCUT2D eigenvalue weighted by Crippen LogP contribution is -2.40. The van der Waals surface area contributed by atoms with Crippen LogP contribution in [0.25, 0.3) is 16.9 Å². The molecule has 1 unspecified atom stereocenters. The van der Waals surface area contributed by atoms with Crippen molar-refractivity contribution in [1.82, 2.24) is 18.7 Å². The van der Waals surface area contributed by atoms with Crippen molar-refractivity contribution < 1.29 is 14.3 Å². The minimum absolute atomic E-state index is 0.0105. The Kier molecular flexibility index (Phi) is 5.67. The highest BCUT2D eigenvalue weighted by Crippen LogP contribution is 2.20. The highest BCUT2D eigenvalue weighted by atomic mass is 16.5. The van der Waals surface area contributed by atoms with Gasteiger partial charge in [0, 0.05) is 12.6 Å². The number of nitrogens with zero attached hydrogens (tertiary/aromatic N) is 4.